The predicted molar refractivity (Wildman–Crippen MR) is 83.6 cm³/mol. The van der Waals surface area contributed by atoms with Crippen molar-refractivity contribution >= 4 is 11.8 Å². The molecule has 1 aromatic heterocycles. The number of hydrogen-bond donors (Lipinski definition) is 3. The molecule has 0 atom stereocenters. The van der Waals surface area contributed by atoms with Gasteiger partial charge in [-0.1, -0.05) is 0 Å². The van der Waals surface area contributed by atoms with Gasteiger partial charge in [0.15, 0.2) is 5.96 Å². The second kappa shape index (κ2) is 9.88. The van der Waals surface area contributed by atoms with E-state index >= 15 is 0 Å². The predicted octanol–water partition coefficient (Wildman–Crippen LogP) is 1.71. The summed E-state index contributed by atoms with van der Waals surface area (Å²) in [5.74, 6) is 1.09. The van der Waals surface area contributed by atoms with Crippen LogP contribution in [0, 0.1) is 0 Å². The molecule has 23 heavy (non-hydrogen) atoms. The molecule has 0 aliphatic heterocycles. The summed E-state index contributed by atoms with van der Waals surface area (Å²) in [5.41, 5.74) is -0.754. The number of anilines is 1. The maximum Gasteiger partial charge on any atom is 0.417 e. The minimum atomic E-state index is -4.36. The fourth-order valence-corrected chi connectivity index (χ4v) is 1.67. The summed E-state index contributed by atoms with van der Waals surface area (Å²) in [4.78, 5) is 7.79. The number of methoxy groups -OCH3 is 1. The van der Waals surface area contributed by atoms with E-state index in [1.807, 2.05) is 0 Å². The zero-order valence-electron chi connectivity index (χ0n) is 13.2. The van der Waals surface area contributed by atoms with E-state index in [1.54, 1.807) is 14.2 Å². The van der Waals surface area contributed by atoms with Gasteiger partial charge in [-0.2, -0.15) is 13.2 Å². The lowest BCUT2D eigenvalue weighted by atomic mass is 10.3. The molecule has 9 heteroatoms. The molecule has 0 amide bonds. The van der Waals surface area contributed by atoms with Gasteiger partial charge < -0.3 is 20.7 Å². The van der Waals surface area contributed by atoms with Gasteiger partial charge in [-0.05, 0) is 18.6 Å². The Morgan fingerprint density at radius 3 is 2.52 bits per heavy atom. The first-order valence-electron chi connectivity index (χ1n) is 7.18. The second-order valence-electron chi connectivity index (χ2n) is 4.63. The molecule has 1 rings (SSSR count). The molecule has 0 unspecified atom stereocenters. The molecule has 0 saturated heterocycles. The SMILES string of the molecule is CN=C(NCCCNc1ccc(C(F)(F)F)cn1)NCCOC. The number of nitrogens with zero attached hydrogens (tertiary/aromatic N) is 2. The van der Waals surface area contributed by atoms with Crippen molar-refractivity contribution in [3.05, 3.63) is 23.9 Å². The van der Waals surface area contributed by atoms with Crippen LogP contribution in [0.4, 0.5) is 19.0 Å². The summed E-state index contributed by atoms with van der Waals surface area (Å²) >= 11 is 0. The van der Waals surface area contributed by atoms with Gasteiger partial charge >= 0.3 is 6.18 Å². The van der Waals surface area contributed by atoms with Gasteiger partial charge in [0.25, 0.3) is 0 Å². The highest BCUT2D eigenvalue weighted by Gasteiger charge is 2.30. The quantitative estimate of drug-likeness (QED) is 0.384. The van der Waals surface area contributed by atoms with Crippen molar-refractivity contribution in [2.45, 2.75) is 12.6 Å². The molecule has 3 N–H and O–H groups in total. The first-order chi connectivity index (χ1) is 11.0. The minimum Gasteiger partial charge on any atom is -0.383 e. The van der Waals surface area contributed by atoms with Crippen LogP contribution in [-0.2, 0) is 10.9 Å². The van der Waals surface area contributed by atoms with Gasteiger partial charge in [0.1, 0.15) is 5.82 Å². The minimum absolute atomic E-state index is 0.417. The molecule has 0 saturated carbocycles. The van der Waals surface area contributed by atoms with E-state index in [2.05, 4.69) is 25.9 Å². The number of ether oxygens (including phenoxy) is 1. The van der Waals surface area contributed by atoms with Crippen LogP contribution < -0.4 is 16.0 Å². The molecule has 1 heterocycles. The standard InChI is InChI=1S/C14H22F3N5O/c1-18-13(21-8-9-23-2)20-7-3-6-19-12-5-4-11(10-22-12)14(15,16)17/h4-5,10H,3,6-9H2,1-2H3,(H,19,22)(H2,18,20,21). The fourth-order valence-electron chi connectivity index (χ4n) is 1.67. The molecule has 0 aliphatic rings. The lowest BCUT2D eigenvalue weighted by Crippen LogP contribution is -2.39. The number of aliphatic imine (C=N–C) groups is 1. The average molecular weight is 333 g/mol. The largest absolute Gasteiger partial charge is 0.417 e. The molecule has 6 nitrogen and oxygen atoms in total. The summed E-state index contributed by atoms with van der Waals surface area (Å²) in [7, 11) is 3.30. The smallest absolute Gasteiger partial charge is 0.383 e. The van der Waals surface area contributed by atoms with Gasteiger partial charge in [-0.15, -0.1) is 0 Å². The maximum absolute atomic E-state index is 12.4. The topological polar surface area (TPSA) is 70.6 Å². The van der Waals surface area contributed by atoms with E-state index < -0.39 is 11.7 Å². The van der Waals surface area contributed by atoms with Crippen LogP contribution >= 0.6 is 0 Å². The number of aromatic nitrogens is 1. The number of pyridine rings is 1. The fraction of sp³-hybridized carbons (Fsp3) is 0.571. The van der Waals surface area contributed by atoms with E-state index in [4.69, 9.17) is 4.74 Å². The zero-order valence-corrected chi connectivity index (χ0v) is 13.2. The highest BCUT2D eigenvalue weighted by atomic mass is 19.4. The van der Waals surface area contributed by atoms with Crippen molar-refractivity contribution in [3.63, 3.8) is 0 Å². The highest BCUT2D eigenvalue weighted by Crippen LogP contribution is 2.28. The molecule has 0 spiro atoms. The third-order valence-corrected chi connectivity index (χ3v) is 2.87. The Bertz CT molecular complexity index is 476. The molecule has 1 aromatic rings. The molecule has 0 fully saturated rings. The van der Waals surface area contributed by atoms with Crippen molar-refractivity contribution in [2.24, 2.45) is 4.99 Å². The van der Waals surface area contributed by atoms with Crippen molar-refractivity contribution in [2.75, 3.05) is 45.7 Å². The lowest BCUT2D eigenvalue weighted by molar-refractivity contribution is -0.137. The van der Waals surface area contributed by atoms with E-state index in [0.717, 1.165) is 18.7 Å². The van der Waals surface area contributed by atoms with Crippen LogP contribution in [0.2, 0.25) is 0 Å². The van der Waals surface area contributed by atoms with E-state index in [9.17, 15) is 13.2 Å². The Hall–Kier alpha value is -2.03. The molecular weight excluding hydrogens is 311 g/mol. The maximum atomic E-state index is 12.4. The molecule has 0 aliphatic carbocycles. The number of alkyl halides is 3. The Morgan fingerprint density at radius 2 is 1.96 bits per heavy atom. The Labute approximate surface area is 133 Å². The number of rotatable bonds is 8. The number of nitrogens with one attached hydrogen (secondary N) is 3. The van der Waals surface area contributed by atoms with Crippen LogP contribution in [0.15, 0.2) is 23.3 Å². The Kier molecular flexibility index (Phi) is 8.17. The summed E-state index contributed by atoms with van der Waals surface area (Å²) in [5, 5.41) is 9.16. The molecule has 0 aromatic carbocycles. The van der Waals surface area contributed by atoms with Crippen LogP contribution in [-0.4, -0.2) is 51.3 Å². The first-order valence-corrected chi connectivity index (χ1v) is 7.18. The highest BCUT2D eigenvalue weighted by molar-refractivity contribution is 5.79. The third-order valence-electron chi connectivity index (χ3n) is 2.87. The summed E-state index contributed by atoms with van der Waals surface area (Å²) in [6.45, 7) is 2.49. The van der Waals surface area contributed by atoms with E-state index in [1.165, 1.54) is 6.07 Å². The van der Waals surface area contributed by atoms with Crippen LogP contribution in [0.1, 0.15) is 12.0 Å². The second-order valence-corrected chi connectivity index (χ2v) is 4.63. The number of hydrogen-bond acceptors (Lipinski definition) is 4. The van der Waals surface area contributed by atoms with Gasteiger partial charge in [0.2, 0.25) is 0 Å². The van der Waals surface area contributed by atoms with Crippen LogP contribution in [0.3, 0.4) is 0 Å². The number of halogens is 3. The molecule has 130 valence electrons. The zero-order chi connectivity index (χ0) is 17.1. The normalized spacial score (nSPS) is 12.1. The lowest BCUT2D eigenvalue weighted by Gasteiger charge is -2.12. The van der Waals surface area contributed by atoms with Gasteiger partial charge in [-0.3, -0.25) is 4.99 Å². The molecule has 0 radical (unpaired) electrons. The summed E-state index contributed by atoms with van der Waals surface area (Å²) in [6.07, 6.45) is -2.78. The number of guanidine groups is 1. The van der Waals surface area contributed by atoms with Crippen molar-refractivity contribution in [1.82, 2.24) is 15.6 Å². The van der Waals surface area contributed by atoms with Crippen LogP contribution in [0.5, 0.6) is 0 Å². The molecule has 0 bridgehead atoms. The van der Waals surface area contributed by atoms with Gasteiger partial charge in [0.05, 0.1) is 12.2 Å². The van der Waals surface area contributed by atoms with Crippen molar-refractivity contribution in [1.29, 1.82) is 0 Å². The van der Waals surface area contributed by atoms with Crippen molar-refractivity contribution < 1.29 is 17.9 Å². The first kappa shape index (κ1) is 19.0. The van der Waals surface area contributed by atoms with Crippen molar-refractivity contribution in [3.8, 4) is 0 Å². The summed E-state index contributed by atoms with van der Waals surface area (Å²) in [6, 6.07) is 2.33. The van der Waals surface area contributed by atoms with Gasteiger partial charge in [-0.25, -0.2) is 4.98 Å². The van der Waals surface area contributed by atoms with E-state index in [0.29, 0.717) is 38.0 Å². The molecular formula is C14H22F3N5O. The van der Waals surface area contributed by atoms with Gasteiger partial charge in [0, 0.05) is 40.0 Å². The third kappa shape index (κ3) is 7.68. The summed E-state index contributed by atoms with van der Waals surface area (Å²) < 4.78 is 42.1. The monoisotopic (exact) mass is 333 g/mol. The van der Waals surface area contributed by atoms with E-state index in [-0.39, 0.29) is 0 Å². The van der Waals surface area contributed by atoms with Crippen LogP contribution in [0.25, 0.3) is 0 Å². The Balaban J connectivity index is 2.22. The Morgan fingerprint density at radius 1 is 1.22 bits per heavy atom. The average Bonchev–Trinajstić information content (AvgIpc) is 2.52.